The molecule has 0 rings (SSSR count). The number of esters is 1. The van der Waals surface area contributed by atoms with Gasteiger partial charge in [-0.2, -0.15) is 0 Å². The van der Waals surface area contributed by atoms with Gasteiger partial charge in [0.15, 0.2) is 0 Å². The monoisotopic (exact) mass is 984 g/mol. The summed E-state index contributed by atoms with van der Waals surface area (Å²) < 4.78 is 5.48. The van der Waals surface area contributed by atoms with E-state index in [2.05, 4.69) is 43.5 Å². The molecule has 1 amide bonds. The van der Waals surface area contributed by atoms with Gasteiger partial charge in [0.25, 0.3) is 0 Å². The fourth-order valence-corrected chi connectivity index (χ4v) is 9.61. The quantitative estimate of drug-likeness (QED) is 0.0321. The van der Waals surface area contributed by atoms with E-state index < -0.39 is 12.1 Å². The maximum absolute atomic E-state index is 12.5. The van der Waals surface area contributed by atoms with Gasteiger partial charge in [0.05, 0.1) is 25.4 Å². The Labute approximate surface area is 436 Å². The Bertz CT molecular complexity index is 1130. The van der Waals surface area contributed by atoms with Gasteiger partial charge in [-0.15, -0.1) is 0 Å². The van der Waals surface area contributed by atoms with Gasteiger partial charge in [-0.3, -0.25) is 9.59 Å². The van der Waals surface area contributed by atoms with Crippen molar-refractivity contribution in [3.8, 4) is 0 Å². The van der Waals surface area contributed by atoms with Gasteiger partial charge in [0, 0.05) is 12.8 Å². The summed E-state index contributed by atoms with van der Waals surface area (Å²) in [6.45, 7) is 4.85. The van der Waals surface area contributed by atoms with E-state index in [1.54, 1.807) is 6.08 Å². The van der Waals surface area contributed by atoms with Crippen LogP contribution in [-0.2, 0) is 14.3 Å². The third-order valence-electron chi connectivity index (χ3n) is 14.4. The predicted octanol–water partition coefficient (Wildman–Crippen LogP) is 19.6. The number of hydrogen-bond donors (Lipinski definition) is 3. The van der Waals surface area contributed by atoms with E-state index in [0.717, 1.165) is 64.2 Å². The van der Waals surface area contributed by atoms with E-state index in [1.807, 2.05) is 6.08 Å². The SMILES string of the molecule is CCCCC/C=C\C/C=C\CCCCCCCCCCCC(=O)OCCCCCCCCCCCCC(=O)NC(CO)C(O)/C=C/CCCCCCCCCCCCCCCCCCCCCCCC. The Morgan fingerprint density at radius 3 is 1.11 bits per heavy atom. The van der Waals surface area contributed by atoms with Crippen LogP contribution < -0.4 is 5.32 Å². The number of carbonyl (C=O) groups is 2. The summed E-state index contributed by atoms with van der Waals surface area (Å²) in [5.41, 5.74) is 0. The first-order chi connectivity index (χ1) is 34.5. The van der Waals surface area contributed by atoms with E-state index in [-0.39, 0.29) is 18.5 Å². The summed E-state index contributed by atoms with van der Waals surface area (Å²) in [6.07, 6.45) is 74.6. The zero-order valence-electron chi connectivity index (χ0n) is 47.0. The van der Waals surface area contributed by atoms with E-state index in [9.17, 15) is 19.8 Å². The highest BCUT2D eigenvalue weighted by Crippen LogP contribution is 2.17. The van der Waals surface area contributed by atoms with Crippen molar-refractivity contribution in [3.63, 3.8) is 0 Å². The Morgan fingerprint density at radius 2 is 0.714 bits per heavy atom. The van der Waals surface area contributed by atoms with Crippen molar-refractivity contribution >= 4 is 11.9 Å². The third-order valence-corrected chi connectivity index (χ3v) is 14.4. The molecule has 0 heterocycles. The highest BCUT2D eigenvalue weighted by atomic mass is 16.5. The average Bonchev–Trinajstić information content (AvgIpc) is 3.36. The molecule has 0 radical (unpaired) electrons. The van der Waals surface area contributed by atoms with Gasteiger partial charge in [-0.25, -0.2) is 0 Å². The molecule has 2 unspecified atom stereocenters. The highest BCUT2D eigenvalue weighted by molar-refractivity contribution is 5.76. The number of unbranched alkanes of at least 4 members (excludes halogenated alkanes) is 43. The number of carbonyl (C=O) groups excluding carboxylic acids is 2. The van der Waals surface area contributed by atoms with Crippen LogP contribution in [0.1, 0.15) is 335 Å². The fourth-order valence-electron chi connectivity index (χ4n) is 9.61. The number of rotatable bonds is 58. The molecule has 0 aromatic carbocycles. The summed E-state index contributed by atoms with van der Waals surface area (Å²) in [4.78, 5) is 24.6. The van der Waals surface area contributed by atoms with Crippen molar-refractivity contribution in [3.05, 3.63) is 36.5 Å². The molecule has 3 N–H and O–H groups in total. The molecule has 0 aliphatic carbocycles. The first kappa shape index (κ1) is 68.1. The Hall–Kier alpha value is -1.92. The molecular formula is C64H121NO5. The van der Waals surface area contributed by atoms with Crippen molar-refractivity contribution in [1.29, 1.82) is 0 Å². The van der Waals surface area contributed by atoms with Crippen LogP contribution in [0, 0.1) is 0 Å². The molecule has 0 aliphatic rings. The normalized spacial score (nSPS) is 12.8. The number of aliphatic hydroxyl groups excluding tert-OH is 2. The van der Waals surface area contributed by atoms with Crippen LogP contribution in [0.2, 0.25) is 0 Å². The minimum atomic E-state index is -0.861. The minimum absolute atomic E-state index is 0.0238. The number of nitrogens with one attached hydrogen (secondary N) is 1. The third kappa shape index (κ3) is 55.4. The number of ether oxygens (including phenoxy) is 1. The van der Waals surface area contributed by atoms with Crippen LogP contribution in [0.15, 0.2) is 36.5 Å². The second-order valence-electron chi connectivity index (χ2n) is 21.4. The summed E-state index contributed by atoms with van der Waals surface area (Å²) in [6, 6.07) is -0.647. The van der Waals surface area contributed by atoms with Crippen molar-refractivity contribution in [2.24, 2.45) is 0 Å². The van der Waals surface area contributed by atoms with Crippen LogP contribution in [0.5, 0.6) is 0 Å². The van der Waals surface area contributed by atoms with Gasteiger partial charge in [-0.1, -0.05) is 294 Å². The fraction of sp³-hybridized carbons (Fsp3) is 0.875. The maximum atomic E-state index is 12.5. The van der Waals surface area contributed by atoms with Crippen molar-refractivity contribution in [2.45, 2.75) is 347 Å². The molecular weight excluding hydrogens is 863 g/mol. The van der Waals surface area contributed by atoms with E-state index in [1.165, 1.54) is 244 Å². The van der Waals surface area contributed by atoms with Gasteiger partial charge >= 0.3 is 5.97 Å². The summed E-state index contributed by atoms with van der Waals surface area (Å²) in [5, 5.41) is 23.2. The largest absolute Gasteiger partial charge is 0.466 e. The lowest BCUT2D eigenvalue weighted by Gasteiger charge is -2.20. The summed E-state index contributed by atoms with van der Waals surface area (Å²) >= 11 is 0. The van der Waals surface area contributed by atoms with E-state index in [4.69, 9.17) is 4.74 Å². The van der Waals surface area contributed by atoms with Gasteiger partial charge in [0.1, 0.15) is 0 Å². The summed E-state index contributed by atoms with van der Waals surface area (Å²) in [7, 11) is 0. The van der Waals surface area contributed by atoms with Crippen LogP contribution in [0.3, 0.4) is 0 Å². The molecule has 0 fully saturated rings. The lowest BCUT2D eigenvalue weighted by Crippen LogP contribution is -2.45. The smallest absolute Gasteiger partial charge is 0.305 e. The molecule has 0 aliphatic heterocycles. The van der Waals surface area contributed by atoms with E-state index in [0.29, 0.717) is 19.4 Å². The Morgan fingerprint density at radius 1 is 0.400 bits per heavy atom. The molecule has 0 aromatic rings. The second-order valence-corrected chi connectivity index (χ2v) is 21.4. The van der Waals surface area contributed by atoms with Crippen LogP contribution in [0.4, 0.5) is 0 Å². The first-order valence-electron chi connectivity index (χ1n) is 31.3. The predicted molar refractivity (Wildman–Crippen MR) is 306 cm³/mol. The molecule has 2 atom stereocenters. The van der Waals surface area contributed by atoms with E-state index >= 15 is 0 Å². The molecule has 0 aromatic heterocycles. The molecule has 412 valence electrons. The first-order valence-corrected chi connectivity index (χ1v) is 31.3. The second kappa shape index (κ2) is 59.6. The van der Waals surface area contributed by atoms with Crippen molar-refractivity contribution < 1.29 is 24.5 Å². The molecule has 6 nitrogen and oxygen atoms in total. The lowest BCUT2D eigenvalue weighted by molar-refractivity contribution is -0.143. The zero-order chi connectivity index (χ0) is 50.7. The van der Waals surface area contributed by atoms with Crippen LogP contribution >= 0.6 is 0 Å². The molecule has 70 heavy (non-hydrogen) atoms. The summed E-state index contributed by atoms with van der Waals surface area (Å²) in [5.74, 6) is -0.112. The molecule has 0 bridgehead atoms. The van der Waals surface area contributed by atoms with Crippen molar-refractivity contribution in [2.75, 3.05) is 13.2 Å². The number of allylic oxidation sites excluding steroid dienone is 5. The maximum Gasteiger partial charge on any atom is 0.305 e. The van der Waals surface area contributed by atoms with Gasteiger partial charge in [0.2, 0.25) is 5.91 Å². The topological polar surface area (TPSA) is 95.9 Å². The highest BCUT2D eigenvalue weighted by Gasteiger charge is 2.18. The number of aliphatic hydroxyl groups is 2. The number of amides is 1. The lowest BCUT2D eigenvalue weighted by atomic mass is 10.0. The minimum Gasteiger partial charge on any atom is -0.466 e. The average molecular weight is 985 g/mol. The molecule has 6 heteroatoms. The number of hydrogen-bond acceptors (Lipinski definition) is 5. The van der Waals surface area contributed by atoms with Gasteiger partial charge < -0.3 is 20.3 Å². The molecule has 0 spiro atoms. The van der Waals surface area contributed by atoms with Crippen LogP contribution in [0.25, 0.3) is 0 Å². The Balaban J connectivity index is 3.49. The molecule has 0 saturated heterocycles. The Kier molecular flexibility index (Phi) is 58.0. The molecule has 0 saturated carbocycles. The van der Waals surface area contributed by atoms with Crippen LogP contribution in [-0.4, -0.2) is 47.4 Å². The van der Waals surface area contributed by atoms with Crippen molar-refractivity contribution in [1.82, 2.24) is 5.32 Å². The van der Waals surface area contributed by atoms with Gasteiger partial charge in [-0.05, 0) is 64.2 Å². The zero-order valence-corrected chi connectivity index (χ0v) is 47.0. The standard InChI is InChI=1S/C64H121NO5/c1-3-5-7-9-11-13-15-17-19-21-23-24-25-26-27-29-30-32-34-36-40-44-48-52-56-62(67)61(60-66)65-63(68)57-53-49-45-41-38-39-43-47-51-55-59-70-64(69)58-54-50-46-42-37-35-33-31-28-22-20-18-16-14-12-10-8-6-4-2/h12,14,18,20,52,56,61-62,66-67H,3-11,13,15-17,19,21-51,53-55,57-60H2,1-2H3,(H,65,68)/b14-12-,20-18-,56-52+.